The van der Waals surface area contributed by atoms with Crippen molar-refractivity contribution in [1.29, 1.82) is 0 Å². The van der Waals surface area contributed by atoms with Crippen molar-refractivity contribution in [3.05, 3.63) is 30.0 Å². The molecule has 2 aromatic heterocycles. The van der Waals surface area contributed by atoms with Crippen molar-refractivity contribution >= 4 is 0 Å². The van der Waals surface area contributed by atoms with Crippen LogP contribution >= 0.6 is 0 Å². The fourth-order valence-corrected chi connectivity index (χ4v) is 1.12. The average Bonchev–Trinajstić information content (AvgIpc) is 2.64. The molecule has 2 heterocycles. The summed E-state index contributed by atoms with van der Waals surface area (Å²) in [7, 11) is 0. The monoisotopic (exact) mass is 178 g/mol. The summed E-state index contributed by atoms with van der Waals surface area (Å²) in [5, 5.41) is 7.64. The fraction of sp³-hybridized carbons (Fsp3) is 0.375. The molecule has 0 aliphatic heterocycles. The van der Waals surface area contributed by atoms with E-state index in [0.717, 1.165) is 5.82 Å². The minimum Gasteiger partial charge on any atom is -0.424 e. The van der Waals surface area contributed by atoms with E-state index in [1.807, 2.05) is 17.7 Å². The number of imidazole rings is 1. The molecule has 0 saturated carbocycles. The third kappa shape index (κ3) is 1.58. The van der Waals surface area contributed by atoms with Gasteiger partial charge < -0.3 is 8.98 Å². The number of aryl methyl sites for hydroxylation is 2. The van der Waals surface area contributed by atoms with Gasteiger partial charge in [-0.3, -0.25) is 0 Å². The molecule has 2 rings (SSSR count). The lowest BCUT2D eigenvalue weighted by Gasteiger charge is -1.98. The van der Waals surface area contributed by atoms with Gasteiger partial charge in [0.15, 0.2) is 0 Å². The van der Waals surface area contributed by atoms with E-state index in [1.165, 1.54) is 0 Å². The maximum atomic E-state index is 5.24. The van der Waals surface area contributed by atoms with Gasteiger partial charge in [-0.05, 0) is 6.92 Å². The lowest BCUT2D eigenvalue weighted by Crippen LogP contribution is -2.00. The maximum Gasteiger partial charge on any atom is 0.236 e. The van der Waals surface area contributed by atoms with Gasteiger partial charge in [0.25, 0.3) is 0 Å². The van der Waals surface area contributed by atoms with Gasteiger partial charge in [0.1, 0.15) is 12.4 Å². The standard InChI is InChI=1S/C8H10N4O/c1-6-9-3-4-12(6)5-8-11-10-7(2)13-8/h3-4H,5H2,1-2H3. The molecule has 0 fully saturated rings. The third-order valence-electron chi connectivity index (χ3n) is 1.80. The van der Waals surface area contributed by atoms with Crippen molar-refractivity contribution in [1.82, 2.24) is 19.7 Å². The molecule has 0 radical (unpaired) electrons. The van der Waals surface area contributed by atoms with Crippen LogP contribution < -0.4 is 0 Å². The molecule has 2 aromatic rings. The van der Waals surface area contributed by atoms with Crippen LogP contribution in [-0.4, -0.2) is 19.7 Å². The summed E-state index contributed by atoms with van der Waals surface area (Å²) >= 11 is 0. The van der Waals surface area contributed by atoms with E-state index in [-0.39, 0.29) is 0 Å². The molecule has 0 aliphatic carbocycles. The van der Waals surface area contributed by atoms with Crippen molar-refractivity contribution in [3.63, 3.8) is 0 Å². The second-order valence-electron chi connectivity index (χ2n) is 2.82. The van der Waals surface area contributed by atoms with Crippen LogP contribution in [0.15, 0.2) is 16.8 Å². The highest BCUT2D eigenvalue weighted by atomic mass is 16.4. The topological polar surface area (TPSA) is 56.7 Å². The number of nitrogens with zero attached hydrogens (tertiary/aromatic N) is 4. The van der Waals surface area contributed by atoms with E-state index in [2.05, 4.69) is 15.2 Å². The van der Waals surface area contributed by atoms with Crippen LogP contribution in [0.25, 0.3) is 0 Å². The van der Waals surface area contributed by atoms with Crippen LogP contribution in [0.1, 0.15) is 17.6 Å². The molecule has 0 N–H and O–H groups in total. The Hall–Kier alpha value is -1.65. The van der Waals surface area contributed by atoms with Crippen molar-refractivity contribution in [2.24, 2.45) is 0 Å². The number of hydrogen-bond acceptors (Lipinski definition) is 4. The zero-order valence-electron chi connectivity index (χ0n) is 7.56. The number of hydrogen-bond donors (Lipinski definition) is 0. The van der Waals surface area contributed by atoms with Crippen LogP contribution in [0.5, 0.6) is 0 Å². The second-order valence-corrected chi connectivity index (χ2v) is 2.82. The van der Waals surface area contributed by atoms with Crippen molar-refractivity contribution in [2.75, 3.05) is 0 Å². The molecule has 0 atom stereocenters. The summed E-state index contributed by atoms with van der Waals surface area (Å²) in [6, 6.07) is 0. The van der Waals surface area contributed by atoms with Gasteiger partial charge in [0, 0.05) is 19.3 Å². The lowest BCUT2D eigenvalue weighted by atomic mass is 10.6. The Kier molecular flexibility index (Phi) is 1.84. The minimum absolute atomic E-state index is 0.590. The van der Waals surface area contributed by atoms with Crippen LogP contribution in [0.3, 0.4) is 0 Å². The van der Waals surface area contributed by atoms with Crippen LogP contribution in [0, 0.1) is 13.8 Å². The normalized spacial score (nSPS) is 10.6. The predicted molar refractivity (Wildman–Crippen MR) is 45.1 cm³/mol. The van der Waals surface area contributed by atoms with Gasteiger partial charge in [-0.15, -0.1) is 10.2 Å². The number of rotatable bonds is 2. The van der Waals surface area contributed by atoms with Crippen LogP contribution in [-0.2, 0) is 6.54 Å². The molecule has 0 bridgehead atoms. The summed E-state index contributed by atoms with van der Waals surface area (Å²) in [4.78, 5) is 4.09. The lowest BCUT2D eigenvalue weighted by molar-refractivity contribution is 0.452. The van der Waals surface area contributed by atoms with E-state index >= 15 is 0 Å². The molecule has 0 amide bonds. The summed E-state index contributed by atoms with van der Waals surface area (Å²) < 4.78 is 7.19. The molecule has 68 valence electrons. The first-order chi connectivity index (χ1) is 6.25. The van der Waals surface area contributed by atoms with Crippen molar-refractivity contribution in [3.8, 4) is 0 Å². The third-order valence-corrected chi connectivity index (χ3v) is 1.80. The Balaban J connectivity index is 2.19. The molecular formula is C8H10N4O. The summed E-state index contributed by atoms with van der Waals surface area (Å²) in [5.74, 6) is 2.14. The molecule has 0 aromatic carbocycles. The van der Waals surface area contributed by atoms with E-state index in [9.17, 15) is 0 Å². The Morgan fingerprint density at radius 2 is 2.23 bits per heavy atom. The maximum absolute atomic E-state index is 5.24. The zero-order chi connectivity index (χ0) is 9.26. The molecule has 5 heteroatoms. The van der Waals surface area contributed by atoms with Crippen molar-refractivity contribution in [2.45, 2.75) is 20.4 Å². The fourth-order valence-electron chi connectivity index (χ4n) is 1.12. The Morgan fingerprint density at radius 3 is 2.77 bits per heavy atom. The van der Waals surface area contributed by atoms with Gasteiger partial charge in [0.05, 0.1) is 0 Å². The smallest absolute Gasteiger partial charge is 0.236 e. The molecule has 13 heavy (non-hydrogen) atoms. The van der Waals surface area contributed by atoms with Gasteiger partial charge in [0.2, 0.25) is 11.8 Å². The molecule has 5 nitrogen and oxygen atoms in total. The highest BCUT2D eigenvalue weighted by Gasteiger charge is 2.04. The Morgan fingerprint density at radius 1 is 1.38 bits per heavy atom. The largest absolute Gasteiger partial charge is 0.424 e. The Labute approximate surface area is 75.4 Å². The Bertz CT molecular complexity index is 404. The van der Waals surface area contributed by atoms with Gasteiger partial charge >= 0.3 is 0 Å². The minimum atomic E-state index is 0.590. The quantitative estimate of drug-likeness (QED) is 0.686. The SMILES string of the molecule is Cc1nnc(Cn2ccnc2C)o1. The van der Waals surface area contributed by atoms with E-state index in [1.54, 1.807) is 13.1 Å². The molecule has 0 saturated heterocycles. The average molecular weight is 178 g/mol. The van der Waals surface area contributed by atoms with E-state index in [4.69, 9.17) is 4.42 Å². The second kappa shape index (κ2) is 3.01. The van der Waals surface area contributed by atoms with E-state index in [0.29, 0.717) is 18.3 Å². The van der Waals surface area contributed by atoms with E-state index < -0.39 is 0 Å². The first kappa shape index (κ1) is 7.97. The summed E-state index contributed by atoms with van der Waals surface area (Å²) in [6.45, 7) is 4.30. The first-order valence-corrected chi connectivity index (χ1v) is 4.02. The first-order valence-electron chi connectivity index (χ1n) is 4.02. The highest BCUT2D eigenvalue weighted by Crippen LogP contribution is 2.03. The van der Waals surface area contributed by atoms with Crippen molar-refractivity contribution < 1.29 is 4.42 Å². The molecule has 0 unspecified atom stereocenters. The van der Waals surface area contributed by atoms with Crippen LogP contribution in [0.4, 0.5) is 0 Å². The van der Waals surface area contributed by atoms with Gasteiger partial charge in [-0.2, -0.15) is 0 Å². The summed E-state index contributed by atoms with van der Waals surface area (Å²) in [5.41, 5.74) is 0. The van der Waals surface area contributed by atoms with Gasteiger partial charge in [-0.25, -0.2) is 4.98 Å². The zero-order valence-corrected chi connectivity index (χ0v) is 7.56. The highest BCUT2D eigenvalue weighted by molar-refractivity contribution is 4.92. The molecule has 0 aliphatic rings. The molecule has 0 spiro atoms. The number of aromatic nitrogens is 4. The summed E-state index contributed by atoms with van der Waals surface area (Å²) in [6.07, 6.45) is 3.63. The molecular weight excluding hydrogens is 168 g/mol. The van der Waals surface area contributed by atoms with Crippen LogP contribution in [0.2, 0.25) is 0 Å². The predicted octanol–water partition coefficient (Wildman–Crippen LogP) is 0.931. The van der Waals surface area contributed by atoms with Gasteiger partial charge in [-0.1, -0.05) is 0 Å².